The number of carbonyl (C=O) groups is 1. The zero-order valence-corrected chi connectivity index (χ0v) is 12.6. The summed E-state index contributed by atoms with van der Waals surface area (Å²) in [5.41, 5.74) is 0.856. The van der Waals surface area contributed by atoms with E-state index in [1.807, 2.05) is 14.1 Å². The van der Waals surface area contributed by atoms with Crippen LogP contribution in [0.2, 0.25) is 10.0 Å². The van der Waals surface area contributed by atoms with Crippen LogP contribution in [0.4, 0.5) is 0 Å². The second-order valence-corrected chi connectivity index (χ2v) is 5.24. The van der Waals surface area contributed by atoms with Crippen molar-refractivity contribution in [1.29, 1.82) is 0 Å². The fourth-order valence-corrected chi connectivity index (χ4v) is 2.19. The molecule has 0 atom stereocenters. The fraction of sp³-hybridized carbons (Fsp3) is 0.143. The van der Waals surface area contributed by atoms with Crippen LogP contribution in [0.25, 0.3) is 5.70 Å². The Kier molecular flexibility index (Phi) is 4.47. The first-order valence-electron chi connectivity index (χ1n) is 5.85. The van der Waals surface area contributed by atoms with Crippen LogP contribution in [0.15, 0.2) is 43.1 Å². The van der Waals surface area contributed by atoms with Gasteiger partial charge in [0.25, 0.3) is 0 Å². The lowest BCUT2D eigenvalue weighted by Gasteiger charge is -2.13. The van der Waals surface area contributed by atoms with Crippen LogP contribution in [-0.2, 0) is 0 Å². The van der Waals surface area contributed by atoms with Crippen LogP contribution in [0, 0.1) is 0 Å². The van der Waals surface area contributed by atoms with Gasteiger partial charge in [0.15, 0.2) is 0 Å². The summed E-state index contributed by atoms with van der Waals surface area (Å²) in [7, 11) is 3.68. The van der Waals surface area contributed by atoms with E-state index in [0.717, 1.165) is 0 Å². The second-order valence-electron chi connectivity index (χ2n) is 4.40. The van der Waals surface area contributed by atoms with E-state index < -0.39 is 0 Å². The number of aromatic nitrogens is 2. The number of rotatable bonds is 4. The summed E-state index contributed by atoms with van der Waals surface area (Å²) in [6.07, 6.45) is 6.60. The van der Waals surface area contributed by atoms with Crippen molar-refractivity contribution in [2.75, 3.05) is 14.1 Å². The Balaban J connectivity index is 2.47. The fourth-order valence-electron chi connectivity index (χ4n) is 1.70. The molecule has 1 heterocycles. The molecule has 0 aliphatic rings. The second kappa shape index (κ2) is 6.11. The lowest BCUT2D eigenvalue weighted by atomic mass is 10.1. The summed E-state index contributed by atoms with van der Waals surface area (Å²) < 4.78 is 1.65. The van der Waals surface area contributed by atoms with Gasteiger partial charge in [0.05, 0.1) is 11.3 Å². The highest BCUT2D eigenvalue weighted by molar-refractivity contribution is 6.39. The predicted molar refractivity (Wildman–Crippen MR) is 81.0 cm³/mol. The molecule has 4 nitrogen and oxygen atoms in total. The minimum atomic E-state index is -0.196. The summed E-state index contributed by atoms with van der Waals surface area (Å²) in [5, 5.41) is 0.819. The molecule has 1 aromatic carbocycles. The van der Waals surface area contributed by atoms with Crippen molar-refractivity contribution in [1.82, 2.24) is 14.5 Å². The van der Waals surface area contributed by atoms with Gasteiger partial charge >= 0.3 is 0 Å². The maximum atomic E-state index is 12.6. The number of allylic oxidation sites excluding steroid dienone is 1. The highest BCUT2D eigenvalue weighted by Crippen LogP contribution is 2.24. The molecule has 0 aliphatic heterocycles. The molecule has 0 radical (unpaired) electrons. The minimum absolute atomic E-state index is 0.196. The molecule has 1 aromatic heterocycles. The number of ketones is 1. The average molecular weight is 310 g/mol. The smallest absolute Gasteiger partial charge is 0.212 e. The molecule has 104 valence electrons. The van der Waals surface area contributed by atoms with Crippen molar-refractivity contribution < 1.29 is 4.79 Å². The number of imidazole rings is 1. The molecule has 2 aromatic rings. The number of Topliss-reactive ketones (excluding diaryl/α,β-unsaturated/α-hetero) is 1. The van der Waals surface area contributed by atoms with E-state index in [1.54, 1.807) is 52.6 Å². The van der Waals surface area contributed by atoms with E-state index in [4.69, 9.17) is 23.2 Å². The Morgan fingerprint density at radius 2 is 2.10 bits per heavy atom. The third-order valence-corrected chi connectivity index (χ3v) is 3.12. The summed E-state index contributed by atoms with van der Waals surface area (Å²) >= 11 is 11.9. The highest BCUT2D eigenvalue weighted by atomic mass is 35.5. The van der Waals surface area contributed by atoms with Gasteiger partial charge in [0.2, 0.25) is 5.78 Å². The minimum Gasteiger partial charge on any atom is -0.382 e. The summed E-state index contributed by atoms with van der Waals surface area (Å²) in [5.74, 6) is -0.196. The summed E-state index contributed by atoms with van der Waals surface area (Å²) in [4.78, 5) is 18.4. The third kappa shape index (κ3) is 3.21. The molecule has 0 saturated carbocycles. The standard InChI is InChI=1S/C14H13Cl2N3O/c1-18(2)8-13(19-6-5-17-9-19)14(20)11-4-3-10(15)7-12(11)16/h3-9H,1-2H3/b13-8-. The monoisotopic (exact) mass is 309 g/mol. The molecule has 6 heteroatoms. The van der Waals surface area contributed by atoms with E-state index in [2.05, 4.69) is 4.98 Å². The number of hydrogen-bond donors (Lipinski definition) is 0. The third-order valence-electron chi connectivity index (χ3n) is 2.57. The van der Waals surface area contributed by atoms with Crippen LogP contribution < -0.4 is 0 Å². The lowest BCUT2D eigenvalue weighted by molar-refractivity contribution is 0.105. The van der Waals surface area contributed by atoms with Crippen molar-refractivity contribution in [3.63, 3.8) is 0 Å². The van der Waals surface area contributed by atoms with Crippen molar-refractivity contribution in [3.8, 4) is 0 Å². The Morgan fingerprint density at radius 1 is 1.35 bits per heavy atom. The van der Waals surface area contributed by atoms with Gasteiger partial charge in [-0.1, -0.05) is 23.2 Å². The molecular formula is C14H13Cl2N3O. The van der Waals surface area contributed by atoms with Crippen molar-refractivity contribution in [2.45, 2.75) is 0 Å². The number of nitrogens with zero attached hydrogens (tertiary/aromatic N) is 3. The normalized spacial score (nSPS) is 11.5. The maximum Gasteiger partial charge on any atom is 0.212 e. The van der Waals surface area contributed by atoms with E-state index >= 15 is 0 Å². The number of halogens is 2. The first-order chi connectivity index (χ1) is 9.49. The maximum absolute atomic E-state index is 12.6. The van der Waals surface area contributed by atoms with E-state index in [9.17, 15) is 4.79 Å². The highest BCUT2D eigenvalue weighted by Gasteiger charge is 2.17. The first kappa shape index (κ1) is 14.6. The zero-order chi connectivity index (χ0) is 14.7. The molecule has 0 amide bonds. The number of benzene rings is 1. The molecule has 0 bridgehead atoms. The van der Waals surface area contributed by atoms with Gasteiger partial charge < -0.3 is 9.47 Å². The Labute approximate surface area is 127 Å². The molecule has 0 N–H and O–H groups in total. The number of carbonyl (C=O) groups excluding carboxylic acids is 1. The Morgan fingerprint density at radius 3 is 2.65 bits per heavy atom. The molecule has 0 fully saturated rings. The van der Waals surface area contributed by atoms with Crippen LogP contribution in [0.3, 0.4) is 0 Å². The molecular weight excluding hydrogens is 297 g/mol. The van der Waals surface area contributed by atoms with Gasteiger partial charge in [-0.05, 0) is 18.2 Å². The van der Waals surface area contributed by atoms with Gasteiger partial charge in [-0.2, -0.15) is 0 Å². The molecule has 0 spiro atoms. The zero-order valence-electron chi connectivity index (χ0n) is 11.0. The molecule has 0 unspecified atom stereocenters. The number of hydrogen-bond acceptors (Lipinski definition) is 3. The SMILES string of the molecule is CN(C)/C=C(/C(=O)c1ccc(Cl)cc1Cl)n1ccnc1. The predicted octanol–water partition coefficient (Wildman–Crippen LogP) is 3.43. The van der Waals surface area contributed by atoms with E-state index in [0.29, 0.717) is 21.3 Å². The van der Waals surface area contributed by atoms with Crippen LogP contribution >= 0.6 is 23.2 Å². The topological polar surface area (TPSA) is 38.1 Å². The van der Waals surface area contributed by atoms with Crippen molar-refractivity contribution >= 4 is 34.7 Å². The Bertz CT molecular complexity index is 648. The molecule has 2 rings (SSSR count). The summed E-state index contributed by atoms with van der Waals surface area (Å²) in [6, 6.07) is 4.81. The quantitative estimate of drug-likeness (QED) is 0.641. The summed E-state index contributed by atoms with van der Waals surface area (Å²) in [6.45, 7) is 0. The van der Waals surface area contributed by atoms with Gasteiger partial charge in [0, 0.05) is 43.3 Å². The van der Waals surface area contributed by atoms with Crippen LogP contribution in [-0.4, -0.2) is 34.3 Å². The average Bonchev–Trinajstić information content (AvgIpc) is 2.88. The molecule has 20 heavy (non-hydrogen) atoms. The van der Waals surface area contributed by atoms with Gasteiger partial charge in [0.1, 0.15) is 5.70 Å². The van der Waals surface area contributed by atoms with Crippen molar-refractivity contribution in [2.24, 2.45) is 0 Å². The van der Waals surface area contributed by atoms with Gasteiger partial charge in [-0.25, -0.2) is 4.98 Å². The molecule has 0 aliphatic carbocycles. The van der Waals surface area contributed by atoms with E-state index in [1.165, 1.54) is 0 Å². The molecule has 0 saturated heterocycles. The largest absolute Gasteiger partial charge is 0.382 e. The van der Waals surface area contributed by atoms with Crippen LogP contribution in [0.1, 0.15) is 10.4 Å². The van der Waals surface area contributed by atoms with Crippen molar-refractivity contribution in [3.05, 3.63) is 58.7 Å². The lowest BCUT2D eigenvalue weighted by Crippen LogP contribution is -2.13. The Hall–Kier alpha value is -1.78. The van der Waals surface area contributed by atoms with Crippen LogP contribution in [0.5, 0.6) is 0 Å². The van der Waals surface area contributed by atoms with E-state index in [-0.39, 0.29) is 5.78 Å². The van der Waals surface area contributed by atoms with Gasteiger partial charge in [-0.15, -0.1) is 0 Å². The van der Waals surface area contributed by atoms with Gasteiger partial charge in [-0.3, -0.25) is 4.79 Å². The first-order valence-corrected chi connectivity index (χ1v) is 6.61.